The molecule has 1 heterocycles. The van der Waals surface area contributed by atoms with Crippen molar-refractivity contribution in [2.75, 3.05) is 0 Å². The highest BCUT2D eigenvalue weighted by atomic mass is 35.5. The average molecular weight is 285 g/mol. The predicted octanol–water partition coefficient (Wildman–Crippen LogP) is 3.49. The van der Waals surface area contributed by atoms with Gasteiger partial charge in [-0.2, -0.15) is 5.10 Å². The van der Waals surface area contributed by atoms with Crippen molar-refractivity contribution >= 4 is 23.2 Å². The molecule has 96 valence electrons. The van der Waals surface area contributed by atoms with E-state index in [1.165, 1.54) is 0 Å². The first kappa shape index (κ1) is 13.4. The normalized spacial score (nSPS) is 12.7. The van der Waals surface area contributed by atoms with E-state index in [0.717, 1.165) is 17.7 Å². The van der Waals surface area contributed by atoms with Crippen LogP contribution in [-0.4, -0.2) is 14.9 Å². The molecule has 2 rings (SSSR count). The molecule has 0 fully saturated rings. The molecule has 1 atom stereocenters. The molecule has 0 spiro atoms. The molecule has 5 heteroatoms. The summed E-state index contributed by atoms with van der Waals surface area (Å²) in [6.07, 6.45) is 3.56. The first-order valence-electron chi connectivity index (χ1n) is 5.74. The first-order valence-corrected chi connectivity index (χ1v) is 6.49. The Kier molecular flexibility index (Phi) is 4.27. The van der Waals surface area contributed by atoms with Crippen LogP contribution in [0, 0.1) is 0 Å². The van der Waals surface area contributed by atoms with Crippen molar-refractivity contribution in [2.45, 2.75) is 26.0 Å². The number of rotatable bonds is 4. The van der Waals surface area contributed by atoms with Crippen molar-refractivity contribution in [3.05, 3.63) is 51.8 Å². The number of hydrogen-bond acceptors (Lipinski definition) is 2. The zero-order valence-electron chi connectivity index (χ0n) is 9.98. The Labute approximate surface area is 116 Å². The Hall–Kier alpha value is -1.03. The van der Waals surface area contributed by atoms with E-state index in [1.807, 2.05) is 17.8 Å². The summed E-state index contributed by atoms with van der Waals surface area (Å²) >= 11 is 11.8. The lowest BCUT2D eigenvalue weighted by molar-refractivity contribution is 0.178. The van der Waals surface area contributed by atoms with Crippen molar-refractivity contribution in [1.29, 1.82) is 0 Å². The molecule has 0 aliphatic heterocycles. The van der Waals surface area contributed by atoms with Gasteiger partial charge in [-0.1, -0.05) is 23.2 Å². The lowest BCUT2D eigenvalue weighted by Gasteiger charge is -2.10. The van der Waals surface area contributed by atoms with Gasteiger partial charge in [-0.3, -0.25) is 4.68 Å². The maximum atomic E-state index is 10.2. The van der Waals surface area contributed by atoms with Crippen molar-refractivity contribution in [1.82, 2.24) is 9.78 Å². The third-order valence-corrected chi connectivity index (χ3v) is 3.15. The van der Waals surface area contributed by atoms with Gasteiger partial charge in [0, 0.05) is 29.2 Å². The Bertz CT molecular complexity index is 519. The maximum absolute atomic E-state index is 10.2. The van der Waals surface area contributed by atoms with Crippen LogP contribution in [0.2, 0.25) is 10.0 Å². The van der Waals surface area contributed by atoms with Crippen LogP contribution in [0.5, 0.6) is 0 Å². The minimum atomic E-state index is -0.629. The van der Waals surface area contributed by atoms with E-state index in [1.54, 1.807) is 24.4 Å². The van der Waals surface area contributed by atoms with Crippen LogP contribution >= 0.6 is 23.2 Å². The Morgan fingerprint density at radius 2 is 1.94 bits per heavy atom. The molecular weight excluding hydrogens is 271 g/mol. The predicted molar refractivity (Wildman–Crippen MR) is 73.0 cm³/mol. The highest BCUT2D eigenvalue weighted by molar-refractivity contribution is 6.34. The third kappa shape index (κ3) is 3.25. The summed E-state index contributed by atoms with van der Waals surface area (Å²) in [7, 11) is 0. The Morgan fingerprint density at radius 1 is 1.28 bits per heavy atom. The second-order valence-electron chi connectivity index (χ2n) is 4.13. The average Bonchev–Trinajstić information content (AvgIpc) is 2.75. The molecule has 0 bridgehead atoms. The zero-order chi connectivity index (χ0) is 13.1. The smallest absolute Gasteiger partial charge is 0.0832 e. The summed E-state index contributed by atoms with van der Waals surface area (Å²) in [4.78, 5) is 0. The van der Waals surface area contributed by atoms with Gasteiger partial charge in [0.25, 0.3) is 0 Å². The van der Waals surface area contributed by atoms with Gasteiger partial charge in [0.2, 0.25) is 0 Å². The molecule has 0 radical (unpaired) electrons. The summed E-state index contributed by atoms with van der Waals surface area (Å²) in [5, 5.41) is 15.4. The van der Waals surface area contributed by atoms with Gasteiger partial charge >= 0.3 is 0 Å². The van der Waals surface area contributed by atoms with Crippen molar-refractivity contribution in [3.8, 4) is 0 Å². The van der Waals surface area contributed by atoms with Gasteiger partial charge in [0.05, 0.1) is 12.3 Å². The van der Waals surface area contributed by atoms with E-state index < -0.39 is 6.10 Å². The number of aliphatic hydroxyl groups excluding tert-OH is 1. The number of aromatic nitrogens is 2. The van der Waals surface area contributed by atoms with Crippen LogP contribution in [0.3, 0.4) is 0 Å². The fraction of sp³-hybridized carbons (Fsp3) is 0.308. The summed E-state index contributed by atoms with van der Waals surface area (Å²) in [6.45, 7) is 2.84. The highest BCUT2D eigenvalue weighted by Crippen LogP contribution is 2.25. The molecule has 0 amide bonds. The summed E-state index contributed by atoms with van der Waals surface area (Å²) in [5.74, 6) is 0. The molecule has 0 aliphatic rings. The number of benzene rings is 1. The number of nitrogens with zero attached hydrogens (tertiary/aromatic N) is 2. The number of hydrogen-bond donors (Lipinski definition) is 1. The van der Waals surface area contributed by atoms with Crippen molar-refractivity contribution in [2.24, 2.45) is 0 Å². The fourth-order valence-corrected chi connectivity index (χ4v) is 2.34. The van der Waals surface area contributed by atoms with E-state index in [9.17, 15) is 5.11 Å². The lowest BCUT2D eigenvalue weighted by atomic mass is 10.0. The van der Waals surface area contributed by atoms with Crippen LogP contribution in [0.4, 0.5) is 0 Å². The summed E-state index contributed by atoms with van der Waals surface area (Å²) in [6, 6.07) is 5.10. The fourth-order valence-electron chi connectivity index (χ4n) is 1.79. The van der Waals surface area contributed by atoms with Gasteiger partial charge < -0.3 is 5.11 Å². The molecular formula is C13H14Cl2N2O. The summed E-state index contributed by atoms with van der Waals surface area (Å²) < 4.78 is 1.83. The van der Waals surface area contributed by atoms with Crippen LogP contribution in [-0.2, 0) is 13.0 Å². The highest BCUT2D eigenvalue weighted by Gasteiger charge is 2.11. The van der Waals surface area contributed by atoms with Crippen molar-refractivity contribution < 1.29 is 5.11 Å². The van der Waals surface area contributed by atoms with Crippen LogP contribution in [0.1, 0.15) is 24.2 Å². The van der Waals surface area contributed by atoms with E-state index in [0.29, 0.717) is 16.5 Å². The lowest BCUT2D eigenvalue weighted by Crippen LogP contribution is -2.01. The van der Waals surface area contributed by atoms with Gasteiger partial charge in [-0.05, 0) is 36.2 Å². The standard InChI is InChI=1S/C13H14Cl2N2O/c1-2-17-8-9(7-16-17)3-13(18)10-4-11(14)6-12(15)5-10/h4-8,13,18H,2-3H2,1H3. The quantitative estimate of drug-likeness (QED) is 0.933. The minimum Gasteiger partial charge on any atom is -0.388 e. The number of halogens is 2. The van der Waals surface area contributed by atoms with Crippen LogP contribution in [0.15, 0.2) is 30.6 Å². The van der Waals surface area contributed by atoms with E-state index in [2.05, 4.69) is 5.10 Å². The molecule has 1 aromatic heterocycles. The molecule has 0 aliphatic carbocycles. The molecule has 3 nitrogen and oxygen atoms in total. The van der Waals surface area contributed by atoms with Gasteiger partial charge in [-0.15, -0.1) is 0 Å². The second kappa shape index (κ2) is 5.74. The van der Waals surface area contributed by atoms with Gasteiger partial charge in [0.15, 0.2) is 0 Å². The second-order valence-corrected chi connectivity index (χ2v) is 5.00. The molecule has 0 saturated carbocycles. The van der Waals surface area contributed by atoms with E-state index >= 15 is 0 Å². The Balaban J connectivity index is 2.13. The Morgan fingerprint density at radius 3 is 2.50 bits per heavy atom. The van der Waals surface area contributed by atoms with Crippen molar-refractivity contribution in [3.63, 3.8) is 0 Å². The molecule has 1 unspecified atom stereocenters. The van der Waals surface area contributed by atoms with Gasteiger partial charge in [0.1, 0.15) is 0 Å². The largest absolute Gasteiger partial charge is 0.388 e. The zero-order valence-corrected chi connectivity index (χ0v) is 11.5. The monoisotopic (exact) mass is 284 g/mol. The van der Waals surface area contributed by atoms with E-state index in [4.69, 9.17) is 23.2 Å². The molecule has 0 saturated heterocycles. The van der Waals surface area contributed by atoms with Crippen LogP contribution < -0.4 is 0 Å². The topological polar surface area (TPSA) is 38.0 Å². The van der Waals surface area contributed by atoms with E-state index in [-0.39, 0.29) is 0 Å². The molecule has 1 aromatic carbocycles. The summed E-state index contributed by atoms with van der Waals surface area (Å²) in [5.41, 5.74) is 1.71. The molecule has 1 N–H and O–H groups in total. The number of aryl methyl sites for hydroxylation is 1. The van der Waals surface area contributed by atoms with Gasteiger partial charge in [-0.25, -0.2) is 0 Å². The third-order valence-electron chi connectivity index (χ3n) is 2.71. The SMILES string of the molecule is CCn1cc(CC(O)c2cc(Cl)cc(Cl)c2)cn1. The number of aliphatic hydroxyl groups is 1. The molecule has 18 heavy (non-hydrogen) atoms. The maximum Gasteiger partial charge on any atom is 0.0832 e. The first-order chi connectivity index (χ1) is 8.58. The molecule has 2 aromatic rings. The van der Waals surface area contributed by atoms with Crippen LogP contribution in [0.25, 0.3) is 0 Å². The minimum absolute atomic E-state index is 0.497.